The van der Waals surface area contributed by atoms with Crippen LogP contribution < -0.4 is 5.32 Å². The third kappa shape index (κ3) is 3.04. The van der Waals surface area contributed by atoms with Gasteiger partial charge in [-0.15, -0.1) is 0 Å². The van der Waals surface area contributed by atoms with Gasteiger partial charge in [0.25, 0.3) is 5.91 Å². The first-order valence-corrected chi connectivity index (χ1v) is 5.77. The summed E-state index contributed by atoms with van der Waals surface area (Å²) in [5.74, 6) is -0.156. The van der Waals surface area contributed by atoms with Gasteiger partial charge in [0.1, 0.15) is 5.76 Å². The van der Waals surface area contributed by atoms with Gasteiger partial charge in [-0.25, -0.2) is 4.98 Å². The Labute approximate surface area is 109 Å². The lowest BCUT2D eigenvalue weighted by molar-refractivity contribution is 0.0948. The second-order valence-corrected chi connectivity index (χ2v) is 4.09. The van der Waals surface area contributed by atoms with Gasteiger partial charge in [-0.1, -0.05) is 6.07 Å². The average Bonchev–Trinajstić information content (AvgIpc) is 2.80. The zero-order chi connectivity index (χ0) is 13.8. The maximum atomic E-state index is 11.7. The van der Waals surface area contributed by atoms with Crippen molar-refractivity contribution < 1.29 is 19.4 Å². The third-order valence-corrected chi connectivity index (χ3v) is 2.70. The summed E-state index contributed by atoms with van der Waals surface area (Å²) in [4.78, 5) is 15.5. The topological polar surface area (TPSA) is 95.6 Å². The molecule has 0 bridgehead atoms. The molecular weight excluding hydrogens is 248 g/mol. The Hall–Kier alpha value is -2.50. The fourth-order valence-corrected chi connectivity index (χ4v) is 1.65. The molecule has 0 radical (unpaired) electrons. The molecule has 0 atom stereocenters. The fourth-order valence-electron chi connectivity index (χ4n) is 1.65. The second-order valence-electron chi connectivity index (χ2n) is 4.09. The molecule has 0 spiro atoms. The van der Waals surface area contributed by atoms with Crippen molar-refractivity contribution in [3.63, 3.8) is 0 Å². The number of hydrogen-bond donors (Lipinski definition) is 3. The zero-order valence-corrected chi connectivity index (χ0v) is 10.4. The van der Waals surface area contributed by atoms with Crippen LogP contribution in [-0.2, 0) is 6.42 Å². The van der Waals surface area contributed by atoms with E-state index in [1.54, 1.807) is 13.0 Å². The Morgan fingerprint density at radius 3 is 2.79 bits per heavy atom. The number of hydrogen-bond acceptors (Lipinski definition) is 5. The van der Waals surface area contributed by atoms with Crippen LogP contribution in [0.3, 0.4) is 0 Å². The van der Waals surface area contributed by atoms with Gasteiger partial charge in [-0.05, 0) is 31.0 Å². The molecule has 1 heterocycles. The van der Waals surface area contributed by atoms with E-state index in [0.717, 1.165) is 5.56 Å². The molecule has 0 aliphatic heterocycles. The number of carbonyl (C=O) groups excluding carboxylic acids is 1. The lowest BCUT2D eigenvalue weighted by atomic mass is 10.1. The van der Waals surface area contributed by atoms with Gasteiger partial charge in [0.15, 0.2) is 23.6 Å². The highest BCUT2D eigenvalue weighted by Gasteiger charge is 2.12. The van der Waals surface area contributed by atoms with E-state index in [0.29, 0.717) is 18.7 Å². The van der Waals surface area contributed by atoms with Crippen LogP contribution in [0.5, 0.6) is 11.5 Å². The molecule has 2 aromatic rings. The van der Waals surface area contributed by atoms with Crippen molar-refractivity contribution in [2.75, 3.05) is 6.54 Å². The van der Waals surface area contributed by atoms with E-state index in [1.165, 1.54) is 18.5 Å². The Morgan fingerprint density at radius 2 is 2.16 bits per heavy atom. The molecule has 19 heavy (non-hydrogen) atoms. The summed E-state index contributed by atoms with van der Waals surface area (Å²) in [5, 5.41) is 21.2. The van der Waals surface area contributed by atoms with E-state index in [2.05, 4.69) is 10.3 Å². The number of phenols is 2. The van der Waals surface area contributed by atoms with Crippen LogP contribution >= 0.6 is 0 Å². The summed E-state index contributed by atoms with van der Waals surface area (Å²) in [7, 11) is 0. The van der Waals surface area contributed by atoms with Crippen molar-refractivity contribution >= 4 is 5.91 Å². The lowest BCUT2D eigenvalue weighted by Crippen LogP contribution is -2.26. The number of oxazole rings is 1. The summed E-state index contributed by atoms with van der Waals surface area (Å²) < 4.78 is 4.95. The Bertz CT molecular complexity index is 592. The Morgan fingerprint density at radius 1 is 1.37 bits per heavy atom. The molecule has 1 amide bonds. The summed E-state index contributed by atoms with van der Waals surface area (Å²) in [6.45, 7) is 2.06. The van der Waals surface area contributed by atoms with Crippen LogP contribution in [0.1, 0.15) is 21.8 Å². The minimum absolute atomic E-state index is 0.161. The largest absolute Gasteiger partial charge is 0.504 e. The molecule has 0 fully saturated rings. The van der Waals surface area contributed by atoms with E-state index in [-0.39, 0.29) is 23.1 Å². The standard InChI is InChI=1S/C13H14N2O4/c1-8-12(15-7-19-8)13(18)14-5-4-9-2-3-10(16)11(17)6-9/h2-3,6-7,16-17H,4-5H2,1H3,(H,14,18). The first-order valence-electron chi connectivity index (χ1n) is 5.77. The van der Waals surface area contributed by atoms with Gasteiger partial charge >= 0.3 is 0 Å². The number of aryl methyl sites for hydroxylation is 1. The van der Waals surface area contributed by atoms with E-state index >= 15 is 0 Å². The second kappa shape index (κ2) is 5.43. The van der Waals surface area contributed by atoms with Crippen molar-refractivity contribution in [1.82, 2.24) is 10.3 Å². The molecule has 3 N–H and O–H groups in total. The summed E-state index contributed by atoms with van der Waals surface area (Å²) in [6, 6.07) is 4.56. The summed E-state index contributed by atoms with van der Waals surface area (Å²) in [5.41, 5.74) is 1.08. The first-order chi connectivity index (χ1) is 9.08. The molecule has 0 unspecified atom stereocenters. The predicted octanol–water partition coefficient (Wildman–Crippen LogP) is 1.37. The molecule has 0 saturated carbocycles. The van der Waals surface area contributed by atoms with Crippen LogP contribution in [0, 0.1) is 6.92 Å². The van der Waals surface area contributed by atoms with Gasteiger partial charge in [0.05, 0.1) is 0 Å². The van der Waals surface area contributed by atoms with Gasteiger partial charge in [0, 0.05) is 6.54 Å². The van der Waals surface area contributed by atoms with Crippen LogP contribution in [0.4, 0.5) is 0 Å². The van der Waals surface area contributed by atoms with E-state index < -0.39 is 0 Å². The Kier molecular flexibility index (Phi) is 3.70. The number of aromatic nitrogens is 1. The van der Waals surface area contributed by atoms with E-state index in [1.807, 2.05) is 0 Å². The number of benzene rings is 1. The molecule has 1 aromatic carbocycles. The average molecular weight is 262 g/mol. The first kappa shape index (κ1) is 12.9. The van der Waals surface area contributed by atoms with Crippen molar-refractivity contribution in [2.45, 2.75) is 13.3 Å². The number of rotatable bonds is 4. The highest BCUT2D eigenvalue weighted by Crippen LogP contribution is 2.24. The minimum atomic E-state index is -0.297. The van der Waals surface area contributed by atoms with Gasteiger partial charge in [-0.2, -0.15) is 0 Å². The van der Waals surface area contributed by atoms with E-state index in [9.17, 15) is 15.0 Å². The van der Waals surface area contributed by atoms with Gasteiger partial charge in [-0.3, -0.25) is 4.79 Å². The predicted molar refractivity (Wildman–Crippen MR) is 67.0 cm³/mol. The normalized spacial score (nSPS) is 10.4. The number of amides is 1. The van der Waals surface area contributed by atoms with Crippen LogP contribution in [0.2, 0.25) is 0 Å². The smallest absolute Gasteiger partial charge is 0.273 e. The van der Waals surface area contributed by atoms with Crippen molar-refractivity contribution in [3.05, 3.63) is 41.6 Å². The molecule has 6 nitrogen and oxygen atoms in total. The summed E-state index contributed by atoms with van der Waals surface area (Å²) >= 11 is 0. The zero-order valence-electron chi connectivity index (χ0n) is 10.4. The monoisotopic (exact) mass is 262 g/mol. The quantitative estimate of drug-likeness (QED) is 0.723. The van der Waals surface area contributed by atoms with Crippen LogP contribution in [0.25, 0.3) is 0 Å². The van der Waals surface area contributed by atoms with E-state index in [4.69, 9.17) is 4.42 Å². The molecule has 0 aliphatic rings. The molecule has 2 rings (SSSR count). The molecule has 0 saturated heterocycles. The number of phenolic OH excluding ortho intramolecular Hbond substituents is 2. The maximum absolute atomic E-state index is 11.7. The fraction of sp³-hybridized carbons (Fsp3) is 0.231. The number of nitrogens with one attached hydrogen (secondary N) is 1. The SMILES string of the molecule is Cc1ocnc1C(=O)NCCc1ccc(O)c(O)c1. The van der Waals surface area contributed by atoms with Crippen LogP contribution in [0.15, 0.2) is 29.0 Å². The number of nitrogens with zero attached hydrogens (tertiary/aromatic N) is 1. The molecular formula is C13H14N2O4. The minimum Gasteiger partial charge on any atom is -0.504 e. The van der Waals surface area contributed by atoms with Crippen LogP contribution in [-0.4, -0.2) is 27.6 Å². The number of aromatic hydroxyl groups is 2. The van der Waals surface area contributed by atoms with Crippen molar-refractivity contribution in [1.29, 1.82) is 0 Å². The van der Waals surface area contributed by atoms with Gasteiger partial charge in [0.2, 0.25) is 0 Å². The molecule has 100 valence electrons. The lowest BCUT2D eigenvalue weighted by Gasteiger charge is -2.05. The molecule has 1 aromatic heterocycles. The Balaban J connectivity index is 1.88. The number of carbonyl (C=O) groups is 1. The highest BCUT2D eigenvalue weighted by molar-refractivity contribution is 5.92. The summed E-state index contributed by atoms with van der Waals surface area (Å²) in [6.07, 6.45) is 1.76. The molecule has 6 heteroatoms. The van der Waals surface area contributed by atoms with Crippen molar-refractivity contribution in [3.8, 4) is 11.5 Å². The van der Waals surface area contributed by atoms with Crippen molar-refractivity contribution in [2.24, 2.45) is 0 Å². The molecule has 0 aliphatic carbocycles. The third-order valence-electron chi connectivity index (χ3n) is 2.70. The van der Waals surface area contributed by atoms with Gasteiger partial charge < -0.3 is 19.9 Å². The maximum Gasteiger partial charge on any atom is 0.273 e. The highest BCUT2D eigenvalue weighted by atomic mass is 16.3.